The highest BCUT2D eigenvalue weighted by molar-refractivity contribution is 4.85. The molecule has 0 aliphatic carbocycles. The zero-order chi connectivity index (χ0) is 13.2. The van der Waals surface area contributed by atoms with Gasteiger partial charge in [0.1, 0.15) is 0 Å². The number of hydrogen-bond acceptors (Lipinski definition) is 2. The van der Waals surface area contributed by atoms with Crippen LogP contribution in [0.1, 0.15) is 48.5 Å². The first-order valence-corrected chi connectivity index (χ1v) is 7.20. The van der Waals surface area contributed by atoms with Gasteiger partial charge in [-0.05, 0) is 52.0 Å². The van der Waals surface area contributed by atoms with Gasteiger partial charge in [-0.25, -0.2) is 0 Å². The second-order valence-electron chi connectivity index (χ2n) is 7.26. The maximum atomic E-state index is 3.62. The third-order valence-electron chi connectivity index (χ3n) is 4.37. The quantitative estimate of drug-likeness (QED) is 0.813. The molecule has 1 fully saturated rings. The summed E-state index contributed by atoms with van der Waals surface area (Å²) in [4.78, 5) is 2.67. The minimum atomic E-state index is 0.236. The lowest BCUT2D eigenvalue weighted by Crippen LogP contribution is -2.44. The van der Waals surface area contributed by atoms with Gasteiger partial charge in [-0.2, -0.15) is 0 Å². The lowest BCUT2D eigenvalue weighted by atomic mass is 10.00. The Morgan fingerprint density at radius 2 is 1.59 bits per heavy atom. The molecule has 0 amide bonds. The van der Waals surface area contributed by atoms with E-state index in [1.807, 2.05) is 0 Å². The molecule has 0 bridgehead atoms. The summed E-state index contributed by atoms with van der Waals surface area (Å²) in [6.45, 7) is 19.9. The largest absolute Gasteiger partial charge is 0.312 e. The Labute approximate surface area is 108 Å². The number of likely N-dealkylation sites (tertiary alicyclic amines) is 1. The van der Waals surface area contributed by atoms with Crippen LogP contribution < -0.4 is 5.32 Å². The van der Waals surface area contributed by atoms with Crippen LogP contribution in [0, 0.1) is 17.8 Å². The first-order valence-electron chi connectivity index (χ1n) is 7.20. The van der Waals surface area contributed by atoms with Gasteiger partial charge in [-0.1, -0.05) is 20.8 Å². The third-order valence-corrected chi connectivity index (χ3v) is 4.37. The molecular formula is C15H32N2. The van der Waals surface area contributed by atoms with Gasteiger partial charge >= 0.3 is 0 Å². The van der Waals surface area contributed by atoms with Gasteiger partial charge in [-0.15, -0.1) is 0 Å². The van der Waals surface area contributed by atoms with Gasteiger partial charge in [0, 0.05) is 24.7 Å². The molecule has 4 unspecified atom stereocenters. The van der Waals surface area contributed by atoms with Crippen molar-refractivity contribution in [2.24, 2.45) is 17.8 Å². The van der Waals surface area contributed by atoms with Crippen LogP contribution in [0.4, 0.5) is 0 Å². The van der Waals surface area contributed by atoms with E-state index < -0.39 is 0 Å². The molecule has 1 aliphatic rings. The summed E-state index contributed by atoms with van der Waals surface area (Å²) < 4.78 is 0. The van der Waals surface area contributed by atoms with E-state index in [-0.39, 0.29) is 5.54 Å². The molecular weight excluding hydrogens is 208 g/mol. The van der Waals surface area contributed by atoms with E-state index >= 15 is 0 Å². The Kier molecular flexibility index (Phi) is 5.03. The van der Waals surface area contributed by atoms with Gasteiger partial charge in [-0.3, -0.25) is 4.90 Å². The van der Waals surface area contributed by atoms with Crippen LogP contribution in [-0.4, -0.2) is 36.1 Å². The van der Waals surface area contributed by atoms with Crippen LogP contribution in [0.15, 0.2) is 0 Å². The summed E-state index contributed by atoms with van der Waals surface area (Å²) in [6, 6.07) is 0.692. The number of rotatable bonds is 4. The zero-order valence-electron chi connectivity index (χ0n) is 12.9. The Morgan fingerprint density at radius 1 is 1.12 bits per heavy atom. The smallest absolute Gasteiger partial charge is 0.0105 e. The third kappa shape index (κ3) is 4.59. The Balaban J connectivity index is 2.39. The fraction of sp³-hybridized carbons (Fsp3) is 1.00. The topological polar surface area (TPSA) is 15.3 Å². The van der Waals surface area contributed by atoms with Crippen LogP contribution in [0.2, 0.25) is 0 Å². The summed E-state index contributed by atoms with van der Waals surface area (Å²) in [7, 11) is 0. The summed E-state index contributed by atoms with van der Waals surface area (Å²) >= 11 is 0. The first kappa shape index (κ1) is 15.0. The number of hydrogen-bond donors (Lipinski definition) is 1. The normalized spacial score (nSPS) is 30.5. The Hall–Kier alpha value is -0.0800. The van der Waals surface area contributed by atoms with Crippen molar-refractivity contribution < 1.29 is 0 Å². The lowest BCUT2D eigenvalue weighted by Gasteiger charge is -2.32. The molecule has 0 aromatic rings. The van der Waals surface area contributed by atoms with Crippen molar-refractivity contribution in [2.45, 2.75) is 60.0 Å². The van der Waals surface area contributed by atoms with Gasteiger partial charge in [0.15, 0.2) is 0 Å². The molecule has 0 aromatic heterocycles. The van der Waals surface area contributed by atoms with E-state index in [4.69, 9.17) is 0 Å². The molecule has 0 radical (unpaired) electrons. The SMILES string of the molecule is CC1CN(C(C)C(C)CNC(C)(C)C)CC1C. The highest BCUT2D eigenvalue weighted by Gasteiger charge is 2.31. The van der Waals surface area contributed by atoms with Gasteiger partial charge < -0.3 is 5.32 Å². The molecule has 2 nitrogen and oxygen atoms in total. The fourth-order valence-electron chi connectivity index (χ4n) is 2.50. The van der Waals surface area contributed by atoms with E-state index in [2.05, 4.69) is 58.7 Å². The minimum Gasteiger partial charge on any atom is -0.312 e. The van der Waals surface area contributed by atoms with Crippen molar-refractivity contribution in [1.82, 2.24) is 10.2 Å². The predicted molar refractivity (Wildman–Crippen MR) is 76.3 cm³/mol. The van der Waals surface area contributed by atoms with Crippen molar-refractivity contribution >= 4 is 0 Å². The lowest BCUT2D eigenvalue weighted by molar-refractivity contribution is 0.181. The summed E-state index contributed by atoms with van der Waals surface area (Å²) in [6.07, 6.45) is 0. The molecule has 1 aliphatic heterocycles. The standard InChI is InChI=1S/C15H32N2/c1-11(8-16-15(5,6)7)14(4)17-9-12(2)13(3)10-17/h11-14,16H,8-10H2,1-7H3. The maximum absolute atomic E-state index is 3.62. The monoisotopic (exact) mass is 240 g/mol. The van der Waals surface area contributed by atoms with Crippen molar-refractivity contribution in [2.75, 3.05) is 19.6 Å². The molecule has 0 aromatic carbocycles. The summed E-state index contributed by atoms with van der Waals surface area (Å²) in [5, 5.41) is 3.62. The second kappa shape index (κ2) is 5.71. The van der Waals surface area contributed by atoms with Crippen LogP contribution in [0.3, 0.4) is 0 Å². The van der Waals surface area contributed by atoms with Crippen molar-refractivity contribution in [3.8, 4) is 0 Å². The number of nitrogens with one attached hydrogen (secondary N) is 1. The molecule has 1 N–H and O–H groups in total. The Bertz CT molecular complexity index is 222. The van der Waals surface area contributed by atoms with Gasteiger partial charge in [0.25, 0.3) is 0 Å². The first-order chi connectivity index (χ1) is 7.70. The van der Waals surface area contributed by atoms with Crippen LogP contribution in [0.25, 0.3) is 0 Å². The summed E-state index contributed by atoms with van der Waals surface area (Å²) in [5.74, 6) is 2.44. The van der Waals surface area contributed by atoms with E-state index in [0.29, 0.717) is 12.0 Å². The van der Waals surface area contributed by atoms with Crippen molar-refractivity contribution in [3.05, 3.63) is 0 Å². The van der Waals surface area contributed by atoms with E-state index in [1.165, 1.54) is 13.1 Å². The van der Waals surface area contributed by atoms with E-state index in [9.17, 15) is 0 Å². The van der Waals surface area contributed by atoms with Gasteiger partial charge in [0.05, 0.1) is 0 Å². The minimum absolute atomic E-state index is 0.236. The zero-order valence-corrected chi connectivity index (χ0v) is 12.9. The average molecular weight is 240 g/mol. The molecule has 0 spiro atoms. The van der Waals surface area contributed by atoms with Crippen molar-refractivity contribution in [3.63, 3.8) is 0 Å². The second-order valence-corrected chi connectivity index (χ2v) is 7.26. The highest BCUT2D eigenvalue weighted by atomic mass is 15.2. The number of nitrogens with zero attached hydrogens (tertiary/aromatic N) is 1. The molecule has 1 saturated heterocycles. The highest BCUT2D eigenvalue weighted by Crippen LogP contribution is 2.26. The molecule has 1 heterocycles. The van der Waals surface area contributed by atoms with Crippen LogP contribution in [-0.2, 0) is 0 Å². The van der Waals surface area contributed by atoms with Crippen LogP contribution >= 0.6 is 0 Å². The molecule has 1 rings (SSSR count). The van der Waals surface area contributed by atoms with Crippen LogP contribution in [0.5, 0.6) is 0 Å². The molecule has 0 saturated carbocycles. The molecule has 2 heteroatoms. The van der Waals surface area contributed by atoms with E-state index in [0.717, 1.165) is 18.4 Å². The average Bonchev–Trinajstić information content (AvgIpc) is 2.53. The molecule has 102 valence electrons. The maximum Gasteiger partial charge on any atom is 0.0105 e. The van der Waals surface area contributed by atoms with Crippen molar-refractivity contribution in [1.29, 1.82) is 0 Å². The Morgan fingerprint density at radius 3 is 2.00 bits per heavy atom. The molecule has 4 atom stereocenters. The fourth-order valence-corrected chi connectivity index (χ4v) is 2.50. The predicted octanol–water partition coefficient (Wildman–Crippen LogP) is 2.99. The summed E-state index contributed by atoms with van der Waals surface area (Å²) in [5.41, 5.74) is 0.236. The van der Waals surface area contributed by atoms with E-state index in [1.54, 1.807) is 0 Å². The van der Waals surface area contributed by atoms with Gasteiger partial charge in [0.2, 0.25) is 0 Å². The molecule has 17 heavy (non-hydrogen) atoms.